The molecule has 0 bridgehead atoms. The molecule has 2 aromatic carbocycles. The average molecular weight is 334 g/mol. The van der Waals surface area contributed by atoms with Gasteiger partial charge in [0.05, 0.1) is 30.3 Å². The zero-order valence-electron chi connectivity index (χ0n) is 14.0. The first-order valence-electron chi connectivity index (χ1n) is 8.02. The molecule has 1 amide bonds. The first kappa shape index (κ1) is 15.3. The summed E-state index contributed by atoms with van der Waals surface area (Å²) in [6.07, 6.45) is 1.39. The van der Waals surface area contributed by atoms with Gasteiger partial charge in [-0.15, -0.1) is 0 Å². The number of nitrogens with one attached hydrogen (secondary N) is 3. The Morgan fingerprint density at radius 1 is 1.04 bits per heavy atom. The number of carbonyl (C=O) groups is 1. The molecule has 6 nitrogen and oxygen atoms in total. The van der Waals surface area contributed by atoms with Crippen LogP contribution in [-0.2, 0) is 0 Å². The lowest BCUT2D eigenvalue weighted by Gasteiger charge is -2.29. The van der Waals surface area contributed by atoms with Crippen molar-refractivity contribution in [3.63, 3.8) is 0 Å². The predicted octanol–water partition coefficient (Wildman–Crippen LogP) is 3.25. The van der Waals surface area contributed by atoms with E-state index in [9.17, 15) is 4.79 Å². The van der Waals surface area contributed by atoms with Crippen LogP contribution in [0.1, 0.15) is 27.8 Å². The lowest BCUT2D eigenvalue weighted by atomic mass is 10.0. The van der Waals surface area contributed by atoms with Gasteiger partial charge in [0.25, 0.3) is 5.91 Å². The number of anilines is 1. The molecule has 0 radical (unpaired) electrons. The van der Waals surface area contributed by atoms with E-state index < -0.39 is 0 Å². The molecule has 6 heteroatoms. The van der Waals surface area contributed by atoms with Crippen molar-refractivity contribution in [2.45, 2.75) is 13.1 Å². The lowest BCUT2D eigenvalue weighted by Crippen LogP contribution is -2.39. The minimum Gasteiger partial charge on any atom is -0.497 e. The molecule has 2 heterocycles. The maximum atomic E-state index is 12.5. The van der Waals surface area contributed by atoms with Gasteiger partial charge in [0.2, 0.25) is 0 Å². The van der Waals surface area contributed by atoms with Gasteiger partial charge in [-0.3, -0.25) is 9.89 Å². The number of para-hydroxylation sites is 1. The summed E-state index contributed by atoms with van der Waals surface area (Å²) in [5.41, 5.74) is 5.28. The van der Waals surface area contributed by atoms with Crippen LogP contribution in [0, 0.1) is 6.92 Å². The first-order valence-corrected chi connectivity index (χ1v) is 8.02. The fourth-order valence-electron chi connectivity index (χ4n) is 3.10. The number of hydrogen-bond acceptors (Lipinski definition) is 4. The average Bonchev–Trinajstić information content (AvgIpc) is 3.12. The van der Waals surface area contributed by atoms with Crippen molar-refractivity contribution in [2.24, 2.45) is 0 Å². The van der Waals surface area contributed by atoms with Gasteiger partial charge >= 0.3 is 0 Å². The Kier molecular flexibility index (Phi) is 3.65. The third-order valence-corrected chi connectivity index (χ3v) is 4.44. The third kappa shape index (κ3) is 2.61. The molecule has 1 aliphatic heterocycles. The van der Waals surface area contributed by atoms with Crippen LogP contribution in [0.25, 0.3) is 11.1 Å². The molecular weight excluding hydrogens is 316 g/mol. The van der Waals surface area contributed by atoms with Crippen LogP contribution < -0.4 is 15.4 Å². The van der Waals surface area contributed by atoms with Crippen molar-refractivity contribution in [1.29, 1.82) is 0 Å². The largest absolute Gasteiger partial charge is 0.497 e. The molecule has 1 atom stereocenters. The predicted molar refractivity (Wildman–Crippen MR) is 95.6 cm³/mol. The summed E-state index contributed by atoms with van der Waals surface area (Å²) < 4.78 is 5.21. The molecule has 0 saturated carbocycles. The van der Waals surface area contributed by atoms with Gasteiger partial charge in [-0.2, -0.15) is 5.10 Å². The monoisotopic (exact) mass is 334 g/mol. The van der Waals surface area contributed by atoms with Gasteiger partial charge in [-0.05, 0) is 36.2 Å². The fraction of sp³-hybridized carbons (Fsp3) is 0.158. The summed E-state index contributed by atoms with van der Waals surface area (Å²) >= 11 is 0. The number of fused-ring (bicyclic) bond motifs is 1. The van der Waals surface area contributed by atoms with Gasteiger partial charge in [0.1, 0.15) is 11.9 Å². The van der Waals surface area contributed by atoms with E-state index in [-0.39, 0.29) is 12.1 Å². The van der Waals surface area contributed by atoms with E-state index in [0.717, 1.165) is 33.8 Å². The Bertz CT molecular complexity index is 931. The highest BCUT2D eigenvalue weighted by atomic mass is 16.5. The van der Waals surface area contributed by atoms with E-state index in [0.29, 0.717) is 5.56 Å². The van der Waals surface area contributed by atoms with E-state index in [1.54, 1.807) is 13.3 Å². The Morgan fingerprint density at radius 2 is 1.84 bits per heavy atom. The molecule has 3 N–H and O–H groups in total. The molecule has 1 aromatic heterocycles. The summed E-state index contributed by atoms with van der Waals surface area (Å²) in [5.74, 6) is 0.695. The summed E-state index contributed by atoms with van der Waals surface area (Å²) in [6, 6.07) is 13.4. The number of rotatable bonds is 3. The van der Waals surface area contributed by atoms with Crippen LogP contribution in [0.5, 0.6) is 5.75 Å². The van der Waals surface area contributed by atoms with Crippen LogP contribution >= 0.6 is 0 Å². The van der Waals surface area contributed by atoms with Gasteiger partial charge in [-0.1, -0.05) is 24.3 Å². The number of methoxy groups -OCH3 is 1. The van der Waals surface area contributed by atoms with E-state index in [2.05, 4.69) is 20.8 Å². The fourth-order valence-corrected chi connectivity index (χ4v) is 3.10. The normalized spacial score (nSPS) is 15.9. The molecule has 1 aliphatic rings. The number of aromatic amines is 1. The molecule has 25 heavy (non-hydrogen) atoms. The number of amides is 1. The summed E-state index contributed by atoms with van der Waals surface area (Å²) in [6.45, 7) is 1.98. The summed E-state index contributed by atoms with van der Waals surface area (Å²) in [4.78, 5) is 12.5. The molecule has 126 valence electrons. The van der Waals surface area contributed by atoms with Crippen LogP contribution in [-0.4, -0.2) is 23.2 Å². The Hall–Kier alpha value is -3.28. The van der Waals surface area contributed by atoms with E-state index in [4.69, 9.17) is 4.74 Å². The number of ether oxygens (including phenoxy) is 1. The number of aromatic nitrogens is 2. The molecule has 0 spiro atoms. The third-order valence-electron chi connectivity index (χ3n) is 4.44. The van der Waals surface area contributed by atoms with Crippen LogP contribution in [0.2, 0.25) is 0 Å². The topological polar surface area (TPSA) is 79.0 Å². The SMILES string of the molecule is COc1ccc(-c2cn[nH]c2C2NC(=O)c3cccc(C)c3N2)cc1. The summed E-state index contributed by atoms with van der Waals surface area (Å²) in [5, 5.41) is 13.6. The molecular formula is C19H18N4O2. The number of H-pyrrole nitrogens is 1. The second-order valence-electron chi connectivity index (χ2n) is 5.97. The van der Waals surface area contributed by atoms with Gasteiger partial charge in [0.15, 0.2) is 0 Å². The standard InChI is InChI=1S/C19H18N4O2/c1-11-4-3-5-14-16(11)21-18(22-19(14)24)17-15(10-20-23-17)12-6-8-13(25-2)9-7-12/h3-10,18,21H,1-2H3,(H,20,23)(H,22,24). The second-order valence-corrected chi connectivity index (χ2v) is 5.97. The van der Waals surface area contributed by atoms with Gasteiger partial charge < -0.3 is 15.4 Å². The first-order chi connectivity index (χ1) is 12.2. The van der Waals surface area contributed by atoms with E-state index in [1.165, 1.54) is 0 Å². The van der Waals surface area contributed by atoms with Gasteiger partial charge in [0, 0.05) is 5.56 Å². The number of aryl methyl sites for hydroxylation is 1. The number of carbonyl (C=O) groups excluding carboxylic acids is 1. The number of hydrogen-bond donors (Lipinski definition) is 3. The van der Waals surface area contributed by atoms with Crippen molar-refractivity contribution < 1.29 is 9.53 Å². The molecule has 0 fully saturated rings. The zero-order chi connectivity index (χ0) is 17.4. The second kappa shape index (κ2) is 5.98. The lowest BCUT2D eigenvalue weighted by molar-refractivity contribution is 0.0935. The minimum atomic E-state index is -0.374. The highest BCUT2D eigenvalue weighted by Crippen LogP contribution is 2.33. The highest BCUT2D eigenvalue weighted by Gasteiger charge is 2.28. The van der Waals surface area contributed by atoms with E-state index >= 15 is 0 Å². The smallest absolute Gasteiger partial charge is 0.255 e. The van der Waals surface area contributed by atoms with Crippen molar-refractivity contribution in [2.75, 3.05) is 12.4 Å². The van der Waals surface area contributed by atoms with Gasteiger partial charge in [-0.25, -0.2) is 0 Å². The molecule has 3 aromatic rings. The molecule has 0 saturated heterocycles. The van der Waals surface area contributed by atoms with Crippen LogP contribution in [0.15, 0.2) is 48.7 Å². The van der Waals surface area contributed by atoms with Crippen molar-refractivity contribution >= 4 is 11.6 Å². The van der Waals surface area contributed by atoms with Crippen LogP contribution in [0.4, 0.5) is 5.69 Å². The molecule has 4 rings (SSSR count). The Labute approximate surface area is 145 Å². The number of benzene rings is 2. The zero-order valence-corrected chi connectivity index (χ0v) is 14.0. The van der Waals surface area contributed by atoms with Crippen molar-refractivity contribution in [3.05, 3.63) is 65.5 Å². The maximum Gasteiger partial charge on any atom is 0.255 e. The van der Waals surface area contributed by atoms with E-state index in [1.807, 2.05) is 49.4 Å². The summed E-state index contributed by atoms with van der Waals surface area (Å²) in [7, 11) is 1.64. The number of nitrogens with zero attached hydrogens (tertiary/aromatic N) is 1. The van der Waals surface area contributed by atoms with Crippen molar-refractivity contribution in [3.8, 4) is 16.9 Å². The quantitative estimate of drug-likeness (QED) is 0.687. The Balaban J connectivity index is 1.71. The molecule has 0 aliphatic carbocycles. The maximum absolute atomic E-state index is 12.5. The Morgan fingerprint density at radius 3 is 2.60 bits per heavy atom. The molecule has 1 unspecified atom stereocenters. The van der Waals surface area contributed by atoms with Crippen LogP contribution in [0.3, 0.4) is 0 Å². The minimum absolute atomic E-state index is 0.0993. The van der Waals surface area contributed by atoms with Crippen molar-refractivity contribution in [1.82, 2.24) is 15.5 Å². The highest BCUT2D eigenvalue weighted by molar-refractivity contribution is 6.02.